The highest BCUT2D eigenvalue weighted by molar-refractivity contribution is 7.19. The van der Waals surface area contributed by atoms with Gasteiger partial charge in [-0.05, 0) is 41.0 Å². The van der Waals surface area contributed by atoms with E-state index < -0.39 is 0 Å². The minimum Gasteiger partial charge on any atom is -0.497 e. The van der Waals surface area contributed by atoms with Crippen LogP contribution in [-0.2, 0) is 6.42 Å². The Morgan fingerprint density at radius 1 is 1.03 bits per heavy atom. The van der Waals surface area contributed by atoms with Gasteiger partial charge in [-0.15, -0.1) is 11.3 Å². The van der Waals surface area contributed by atoms with Crippen LogP contribution in [0.3, 0.4) is 0 Å². The fraction of sp³-hybridized carbons (Fsp3) is 0.120. The van der Waals surface area contributed by atoms with E-state index in [1.807, 2.05) is 49.4 Å². The van der Waals surface area contributed by atoms with E-state index in [0.29, 0.717) is 17.6 Å². The highest BCUT2D eigenvalue weighted by Crippen LogP contribution is 2.36. The number of benzene rings is 3. The zero-order chi connectivity index (χ0) is 20.7. The largest absolute Gasteiger partial charge is 0.497 e. The van der Waals surface area contributed by atoms with Crippen molar-refractivity contribution in [2.45, 2.75) is 13.3 Å². The molecule has 0 aliphatic rings. The molecule has 0 unspecified atom stereocenters. The third kappa shape index (κ3) is 3.17. The lowest BCUT2D eigenvalue weighted by Crippen LogP contribution is -2.12. The molecule has 0 radical (unpaired) electrons. The van der Waals surface area contributed by atoms with Crippen molar-refractivity contribution in [2.24, 2.45) is 0 Å². The topological polar surface area (TPSA) is 55.0 Å². The van der Waals surface area contributed by atoms with Gasteiger partial charge in [0, 0.05) is 16.9 Å². The van der Waals surface area contributed by atoms with Crippen molar-refractivity contribution in [2.75, 3.05) is 7.11 Å². The molecule has 2 aromatic heterocycles. The van der Waals surface area contributed by atoms with Gasteiger partial charge in [-0.2, -0.15) is 0 Å². The van der Waals surface area contributed by atoms with Crippen molar-refractivity contribution in [1.29, 1.82) is 0 Å². The molecular weight excluding hydrogens is 392 g/mol. The normalized spacial score (nSPS) is 11.3. The summed E-state index contributed by atoms with van der Waals surface area (Å²) in [6.07, 6.45) is 0.581. The van der Waals surface area contributed by atoms with Gasteiger partial charge in [0.2, 0.25) is 0 Å². The zero-order valence-corrected chi connectivity index (χ0v) is 17.5. The van der Waals surface area contributed by atoms with Crippen LogP contribution in [0, 0.1) is 6.92 Å². The summed E-state index contributed by atoms with van der Waals surface area (Å²) in [6, 6.07) is 22.3. The number of rotatable bonds is 4. The Bertz CT molecular complexity index is 1440. The smallest absolute Gasteiger partial charge is 0.260 e. The summed E-state index contributed by atoms with van der Waals surface area (Å²) in [7, 11) is 1.64. The molecule has 0 atom stereocenters. The molecule has 1 N–H and O–H groups in total. The number of aryl methyl sites for hydroxylation is 1. The number of nitrogens with one attached hydrogen (secondary N) is 1. The number of hydrogen-bond donors (Lipinski definition) is 1. The number of aromatic nitrogens is 2. The molecule has 0 aliphatic carbocycles. The van der Waals surface area contributed by atoms with Crippen LogP contribution in [0.5, 0.6) is 5.75 Å². The van der Waals surface area contributed by atoms with Crippen molar-refractivity contribution in [3.8, 4) is 16.9 Å². The average Bonchev–Trinajstić information content (AvgIpc) is 3.10. The molecule has 5 rings (SSSR count). The lowest BCUT2D eigenvalue weighted by Gasteiger charge is -2.07. The quantitative estimate of drug-likeness (QED) is 0.411. The van der Waals surface area contributed by atoms with E-state index in [-0.39, 0.29) is 5.56 Å². The standard InChI is InChI=1S/C25H20N2O2S/c1-15-22(18-10-6-11-19(13-18)29-2)23-24(28)26-21(27-25(23)30-15)14-17-9-5-8-16-7-3-4-12-20(16)17/h3-13H,14H2,1-2H3,(H,26,27,28). The van der Waals surface area contributed by atoms with Gasteiger partial charge in [0.1, 0.15) is 16.4 Å². The monoisotopic (exact) mass is 412 g/mol. The average molecular weight is 413 g/mol. The van der Waals surface area contributed by atoms with Crippen molar-refractivity contribution < 1.29 is 4.74 Å². The summed E-state index contributed by atoms with van der Waals surface area (Å²) in [5.74, 6) is 1.45. The summed E-state index contributed by atoms with van der Waals surface area (Å²) < 4.78 is 5.36. The maximum Gasteiger partial charge on any atom is 0.260 e. The third-order valence-corrected chi connectivity index (χ3v) is 6.38. The molecule has 0 aliphatic heterocycles. The Balaban J connectivity index is 1.62. The number of ether oxygens (including phenoxy) is 1. The SMILES string of the molecule is COc1cccc(-c2c(C)sc3nc(Cc4cccc5ccccc45)[nH]c(=O)c23)c1. The van der Waals surface area contributed by atoms with Crippen LogP contribution in [0.2, 0.25) is 0 Å². The van der Waals surface area contributed by atoms with Gasteiger partial charge in [-0.25, -0.2) is 4.98 Å². The minimum absolute atomic E-state index is 0.0996. The molecule has 0 bridgehead atoms. The number of thiophene rings is 1. The van der Waals surface area contributed by atoms with Crippen molar-refractivity contribution >= 4 is 32.3 Å². The van der Waals surface area contributed by atoms with Gasteiger partial charge >= 0.3 is 0 Å². The Hall–Kier alpha value is -3.44. The number of methoxy groups -OCH3 is 1. The second-order valence-electron chi connectivity index (χ2n) is 7.27. The molecule has 2 heterocycles. The van der Waals surface area contributed by atoms with Gasteiger partial charge in [-0.1, -0.05) is 54.6 Å². The molecule has 5 aromatic rings. The molecule has 0 saturated heterocycles. The van der Waals surface area contributed by atoms with E-state index in [0.717, 1.165) is 32.1 Å². The van der Waals surface area contributed by atoms with Crippen LogP contribution in [0.25, 0.3) is 32.1 Å². The minimum atomic E-state index is -0.0996. The van der Waals surface area contributed by atoms with Crippen LogP contribution < -0.4 is 10.3 Å². The first-order chi connectivity index (χ1) is 14.6. The molecular formula is C25H20N2O2S. The van der Waals surface area contributed by atoms with Gasteiger partial charge < -0.3 is 9.72 Å². The summed E-state index contributed by atoms with van der Waals surface area (Å²) in [4.78, 5) is 22.8. The number of nitrogens with zero attached hydrogens (tertiary/aromatic N) is 1. The van der Waals surface area contributed by atoms with Gasteiger partial charge in [0.15, 0.2) is 0 Å². The van der Waals surface area contributed by atoms with Crippen LogP contribution in [0.4, 0.5) is 0 Å². The highest BCUT2D eigenvalue weighted by Gasteiger charge is 2.17. The molecule has 30 heavy (non-hydrogen) atoms. The second-order valence-corrected chi connectivity index (χ2v) is 8.48. The Morgan fingerprint density at radius 2 is 1.83 bits per heavy atom. The second kappa shape index (κ2) is 7.43. The number of fused-ring (bicyclic) bond motifs is 2. The van der Waals surface area contributed by atoms with E-state index in [2.05, 4.69) is 29.2 Å². The Kier molecular flexibility index (Phi) is 4.60. The fourth-order valence-corrected chi connectivity index (χ4v) is 5.07. The first kappa shape index (κ1) is 18.6. The van der Waals surface area contributed by atoms with E-state index >= 15 is 0 Å². The first-order valence-corrected chi connectivity index (χ1v) is 10.6. The van der Waals surface area contributed by atoms with Crippen LogP contribution >= 0.6 is 11.3 Å². The Labute approximate surface area is 177 Å². The van der Waals surface area contributed by atoms with E-state index in [1.54, 1.807) is 18.4 Å². The summed E-state index contributed by atoms with van der Waals surface area (Å²) >= 11 is 1.56. The predicted octanol–water partition coefficient (Wildman–Crippen LogP) is 5.71. The number of hydrogen-bond acceptors (Lipinski definition) is 4. The summed E-state index contributed by atoms with van der Waals surface area (Å²) in [6.45, 7) is 2.03. The molecule has 4 nitrogen and oxygen atoms in total. The van der Waals surface area contributed by atoms with Gasteiger partial charge in [0.25, 0.3) is 5.56 Å². The molecule has 0 amide bonds. The van der Waals surface area contributed by atoms with Crippen molar-refractivity contribution in [1.82, 2.24) is 9.97 Å². The predicted molar refractivity (Wildman–Crippen MR) is 124 cm³/mol. The number of H-pyrrole nitrogens is 1. The maximum atomic E-state index is 13.1. The van der Waals surface area contributed by atoms with E-state index in [4.69, 9.17) is 9.72 Å². The lowest BCUT2D eigenvalue weighted by molar-refractivity contribution is 0.415. The van der Waals surface area contributed by atoms with Crippen LogP contribution in [-0.4, -0.2) is 17.1 Å². The van der Waals surface area contributed by atoms with Crippen LogP contribution in [0.1, 0.15) is 16.3 Å². The molecule has 148 valence electrons. The highest BCUT2D eigenvalue weighted by atomic mass is 32.1. The van der Waals surface area contributed by atoms with Gasteiger partial charge in [-0.3, -0.25) is 4.79 Å². The number of aromatic amines is 1. The lowest BCUT2D eigenvalue weighted by atomic mass is 10.0. The van der Waals surface area contributed by atoms with Crippen molar-refractivity contribution in [3.63, 3.8) is 0 Å². The Morgan fingerprint density at radius 3 is 2.70 bits per heavy atom. The van der Waals surface area contributed by atoms with E-state index in [1.165, 1.54) is 10.8 Å². The van der Waals surface area contributed by atoms with Crippen molar-refractivity contribution in [3.05, 3.63) is 93.3 Å². The molecule has 0 saturated carbocycles. The maximum absolute atomic E-state index is 13.1. The molecule has 5 heteroatoms. The fourth-order valence-electron chi connectivity index (χ4n) is 4.00. The molecule has 0 fully saturated rings. The molecule has 0 spiro atoms. The summed E-state index contributed by atoms with van der Waals surface area (Å²) in [5.41, 5.74) is 2.95. The first-order valence-electron chi connectivity index (χ1n) is 9.77. The van der Waals surface area contributed by atoms with Crippen LogP contribution in [0.15, 0.2) is 71.5 Å². The van der Waals surface area contributed by atoms with Gasteiger partial charge in [0.05, 0.1) is 12.5 Å². The van der Waals surface area contributed by atoms with E-state index in [9.17, 15) is 4.79 Å². The zero-order valence-electron chi connectivity index (χ0n) is 16.7. The molecule has 3 aromatic carbocycles. The third-order valence-electron chi connectivity index (χ3n) is 5.38. The summed E-state index contributed by atoms with van der Waals surface area (Å²) in [5, 5.41) is 3.01.